The maximum Gasteiger partial charge on any atom is 0.263 e. The summed E-state index contributed by atoms with van der Waals surface area (Å²) in [7, 11) is 0. The maximum absolute atomic E-state index is 13.8. The Morgan fingerprint density at radius 2 is 1.78 bits per heavy atom. The number of benzene rings is 2. The van der Waals surface area contributed by atoms with Gasteiger partial charge in [-0.1, -0.05) is 75.0 Å². The second kappa shape index (κ2) is 10.2. The number of nitrogens with zero attached hydrogens (tertiary/aromatic N) is 2. The van der Waals surface area contributed by atoms with E-state index in [0.717, 1.165) is 47.2 Å². The fraction of sp³-hybridized carbons (Fsp3) is 0.345. The van der Waals surface area contributed by atoms with Crippen molar-refractivity contribution in [3.8, 4) is 0 Å². The number of amides is 1. The Morgan fingerprint density at radius 3 is 2.50 bits per heavy atom. The Kier molecular flexibility index (Phi) is 7.04. The topological polar surface area (TPSA) is 64.0 Å². The van der Waals surface area contributed by atoms with Gasteiger partial charge in [0.05, 0.1) is 17.7 Å². The van der Waals surface area contributed by atoms with Gasteiger partial charge in [0.1, 0.15) is 4.83 Å². The van der Waals surface area contributed by atoms with Crippen LogP contribution in [0.3, 0.4) is 0 Å². The molecule has 5 nitrogen and oxygen atoms in total. The number of hydrogen-bond acceptors (Lipinski definition) is 5. The first kappa shape index (κ1) is 24.8. The van der Waals surface area contributed by atoms with E-state index in [0.29, 0.717) is 11.7 Å². The second-order valence-corrected chi connectivity index (χ2v) is 12.4. The Bertz CT molecular complexity index is 1450. The van der Waals surface area contributed by atoms with Crippen molar-refractivity contribution in [1.29, 1.82) is 0 Å². The third kappa shape index (κ3) is 5.27. The van der Waals surface area contributed by atoms with Crippen LogP contribution in [-0.2, 0) is 29.6 Å². The molecule has 0 unspecified atom stereocenters. The average Bonchev–Trinajstić information content (AvgIpc) is 3.24. The van der Waals surface area contributed by atoms with Gasteiger partial charge in [0.2, 0.25) is 5.91 Å². The van der Waals surface area contributed by atoms with Gasteiger partial charge in [0.15, 0.2) is 5.16 Å². The van der Waals surface area contributed by atoms with Gasteiger partial charge >= 0.3 is 0 Å². The van der Waals surface area contributed by atoms with Gasteiger partial charge in [-0.3, -0.25) is 14.2 Å². The minimum Gasteiger partial charge on any atom is -0.325 e. The van der Waals surface area contributed by atoms with Crippen molar-refractivity contribution in [3.63, 3.8) is 0 Å². The lowest BCUT2D eigenvalue weighted by atomic mass is 9.87. The zero-order valence-corrected chi connectivity index (χ0v) is 22.6. The van der Waals surface area contributed by atoms with E-state index >= 15 is 0 Å². The molecule has 0 bridgehead atoms. The summed E-state index contributed by atoms with van der Waals surface area (Å²) >= 11 is 2.97. The number of thiophene rings is 1. The quantitative estimate of drug-likeness (QED) is 0.237. The molecule has 7 heteroatoms. The number of fused-ring (bicyclic) bond motifs is 3. The van der Waals surface area contributed by atoms with E-state index in [1.807, 2.05) is 54.6 Å². The number of aryl methyl sites for hydroxylation is 2. The highest BCUT2D eigenvalue weighted by Crippen LogP contribution is 2.35. The van der Waals surface area contributed by atoms with Crippen LogP contribution in [0.25, 0.3) is 10.2 Å². The molecule has 2 aromatic heterocycles. The molecule has 1 aliphatic rings. The molecule has 5 rings (SSSR count). The van der Waals surface area contributed by atoms with E-state index < -0.39 is 0 Å². The predicted molar refractivity (Wildman–Crippen MR) is 151 cm³/mol. The van der Waals surface area contributed by atoms with Crippen molar-refractivity contribution in [1.82, 2.24) is 9.55 Å². The molecule has 2 heterocycles. The smallest absolute Gasteiger partial charge is 0.263 e. The molecule has 0 atom stereocenters. The van der Waals surface area contributed by atoms with Crippen molar-refractivity contribution >= 4 is 44.9 Å². The van der Waals surface area contributed by atoms with Crippen LogP contribution < -0.4 is 10.9 Å². The van der Waals surface area contributed by atoms with Crippen LogP contribution in [-0.4, -0.2) is 21.2 Å². The minimum atomic E-state index is -0.116. The largest absolute Gasteiger partial charge is 0.325 e. The highest BCUT2D eigenvalue weighted by molar-refractivity contribution is 7.99. The minimum absolute atomic E-state index is 0.00364. The summed E-state index contributed by atoms with van der Waals surface area (Å²) in [6.07, 6.45) is 4.24. The summed E-state index contributed by atoms with van der Waals surface area (Å²) in [6.45, 7) is 6.94. The molecule has 0 radical (unpaired) electrons. The zero-order valence-electron chi connectivity index (χ0n) is 21.0. The normalized spacial score (nSPS) is 13.5. The Balaban J connectivity index is 1.41. The highest BCUT2D eigenvalue weighted by Gasteiger charge is 2.23. The van der Waals surface area contributed by atoms with E-state index in [9.17, 15) is 9.59 Å². The number of anilines is 1. The second-order valence-electron chi connectivity index (χ2n) is 10.3. The number of aromatic nitrogens is 2. The molecule has 2 aromatic carbocycles. The van der Waals surface area contributed by atoms with Crippen molar-refractivity contribution in [3.05, 3.63) is 86.5 Å². The molecular formula is C29H31N3O2S2. The van der Waals surface area contributed by atoms with Crippen molar-refractivity contribution in [2.24, 2.45) is 0 Å². The van der Waals surface area contributed by atoms with Gasteiger partial charge in [-0.05, 0) is 59.9 Å². The molecule has 4 aromatic rings. The third-order valence-electron chi connectivity index (χ3n) is 6.59. The van der Waals surface area contributed by atoms with Crippen LogP contribution >= 0.6 is 23.1 Å². The van der Waals surface area contributed by atoms with Gasteiger partial charge in [-0.2, -0.15) is 0 Å². The number of thioether (sulfide) groups is 1. The van der Waals surface area contributed by atoms with Crippen molar-refractivity contribution in [2.75, 3.05) is 11.1 Å². The highest BCUT2D eigenvalue weighted by atomic mass is 32.2. The van der Waals surface area contributed by atoms with Crippen LogP contribution in [0.5, 0.6) is 0 Å². The molecule has 0 fully saturated rings. The Labute approximate surface area is 220 Å². The fourth-order valence-corrected chi connectivity index (χ4v) is 6.72. The number of hydrogen-bond donors (Lipinski definition) is 1. The van der Waals surface area contributed by atoms with Crippen molar-refractivity contribution in [2.45, 2.75) is 63.6 Å². The average molecular weight is 518 g/mol. The predicted octanol–water partition coefficient (Wildman–Crippen LogP) is 6.41. The van der Waals surface area contributed by atoms with Gasteiger partial charge in [0, 0.05) is 10.6 Å². The summed E-state index contributed by atoms with van der Waals surface area (Å²) < 4.78 is 1.75. The summed E-state index contributed by atoms with van der Waals surface area (Å²) in [6, 6.07) is 17.9. The molecule has 0 aliphatic heterocycles. The lowest BCUT2D eigenvalue weighted by Gasteiger charge is -2.19. The SMILES string of the molecule is CC(C)(C)c1ccc(NC(=O)CSc2nc3sc4c(c3c(=O)n2Cc2ccccc2)CCCC4)cc1. The first-order chi connectivity index (χ1) is 17.3. The van der Waals surface area contributed by atoms with E-state index in [2.05, 4.69) is 26.1 Å². The van der Waals surface area contributed by atoms with Gasteiger partial charge in [-0.25, -0.2) is 4.98 Å². The summed E-state index contributed by atoms with van der Waals surface area (Å²) in [5.41, 5.74) is 4.28. The third-order valence-corrected chi connectivity index (χ3v) is 8.75. The number of carbonyl (C=O) groups excluding carboxylic acids is 1. The summed E-state index contributed by atoms with van der Waals surface area (Å²) in [5.74, 6) is 0.0633. The Hall–Kier alpha value is -2.90. The first-order valence-electron chi connectivity index (χ1n) is 12.4. The molecule has 0 spiro atoms. The van der Waals surface area contributed by atoms with Gasteiger partial charge in [-0.15, -0.1) is 11.3 Å². The van der Waals surface area contributed by atoms with E-state index in [4.69, 9.17) is 4.98 Å². The van der Waals surface area contributed by atoms with Crippen LogP contribution in [0.2, 0.25) is 0 Å². The van der Waals surface area contributed by atoms with E-state index in [1.54, 1.807) is 15.9 Å². The van der Waals surface area contributed by atoms with E-state index in [-0.39, 0.29) is 22.6 Å². The number of carbonyl (C=O) groups is 1. The number of rotatable bonds is 6. The lowest BCUT2D eigenvalue weighted by molar-refractivity contribution is -0.113. The lowest BCUT2D eigenvalue weighted by Crippen LogP contribution is -2.25. The zero-order chi connectivity index (χ0) is 25.3. The van der Waals surface area contributed by atoms with Crippen molar-refractivity contribution < 1.29 is 4.79 Å². The molecule has 1 amide bonds. The summed E-state index contributed by atoms with van der Waals surface area (Å²) in [5, 5.41) is 4.35. The molecule has 1 aliphatic carbocycles. The van der Waals surface area contributed by atoms with Crippen LogP contribution in [0.15, 0.2) is 64.5 Å². The summed E-state index contributed by atoms with van der Waals surface area (Å²) in [4.78, 5) is 33.6. The molecule has 1 N–H and O–H groups in total. The van der Waals surface area contributed by atoms with Gasteiger partial charge < -0.3 is 5.32 Å². The fourth-order valence-electron chi connectivity index (χ4n) is 4.62. The standard InChI is InChI=1S/C29H31N3O2S2/c1-29(2,3)20-13-15-21(16-14-20)30-24(33)18-35-28-31-26-25(22-11-7-8-12-23(22)36-26)27(34)32(28)17-19-9-5-4-6-10-19/h4-6,9-10,13-16H,7-8,11-12,17-18H2,1-3H3,(H,30,33). The number of nitrogens with one attached hydrogen (secondary N) is 1. The molecular weight excluding hydrogens is 486 g/mol. The maximum atomic E-state index is 13.8. The van der Waals surface area contributed by atoms with Crippen LogP contribution in [0.1, 0.15) is 55.2 Å². The molecule has 0 saturated heterocycles. The molecule has 186 valence electrons. The first-order valence-corrected chi connectivity index (χ1v) is 14.2. The monoisotopic (exact) mass is 517 g/mol. The van der Waals surface area contributed by atoms with E-state index in [1.165, 1.54) is 27.8 Å². The molecule has 36 heavy (non-hydrogen) atoms. The van der Waals surface area contributed by atoms with Gasteiger partial charge in [0.25, 0.3) is 5.56 Å². The van der Waals surface area contributed by atoms with Crippen LogP contribution in [0, 0.1) is 0 Å². The Morgan fingerprint density at radius 1 is 1.06 bits per heavy atom. The van der Waals surface area contributed by atoms with Crippen LogP contribution in [0.4, 0.5) is 5.69 Å². The molecule has 0 saturated carbocycles.